The van der Waals surface area contributed by atoms with Gasteiger partial charge in [-0.3, -0.25) is 9.48 Å². The van der Waals surface area contributed by atoms with Crippen molar-refractivity contribution in [1.29, 1.82) is 0 Å². The van der Waals surface area contributed by atoms with Crippen molar-refractivity contribution >= 4 is 15.7 Å². The summed E-state index contributed by atoms with van der Waals surface area (Å²) in [6.45, 7) is 0. The fourth-order valence-electron chi connectivity index (χ4n) is 2.61. The second-order valence-electron chi connectivity index (χ2n) is 5.65. The molecule has 0 aliphatic heterocycles. The van der Waals surface area contributed by atoms with Gasteiger partial charge in [0.05, 0.1) is 24.0 Å². The van der Waals surface area contributed by atoms with E-state index in [9.17, 15) is 13.2 Å². The first kappa shape index (κ1) is 16.0. The van der Waals surface area contributed by atoms with Crippen molar-refractivity contribution in [3.63, 3.8) is 0 Å². The van der Waals surface area contributed by atoms with Crippen LogP contribution in [-0.4, -0.2) is 42.2 Å². The van der Waals surface area contributed by atoms with Crippen LogP contribution in [0.25, 0.3) is 0 Å². The van der Waals surface area contributed by atoms with Crippen molar-refractivity contribution in [2.45, 2.75) is 37.8 Å². The Kier molecular flexibility index (Phi) is 4.67. The predicted molar refractivity (Wildman–Crippen MR) is 79.3 cm³/mol. The minimum atomic E-state index is -3.10. The van der Waals surface area contributed by atoms with E-state index < -0.39 is 15.9 Å². The van der Waals surface area contributed by atoms with Crippen molar-refractivity contribution in [3.8, 4) is 0 Å². The van der Waals surface area contributed by atoms with E-state index in [0.29, 0.717) is 0 Å². The third-order valence-corrected chi connectivity index (χ3v) is 4.81. The number of rotatable bonds is 5. The van der Waals surface area contributed by atoms with Gasteiger partial charge in [-0.25, -0.2) is 8.42 Å². The van der Waals surface area contributed by atoms with Crippen molar-refractivity contribution in [2.75, 3.05) is 12.0 Å². The van der Waals surface area contributed by atoms with Gasteiger partial charge in [-0.2, -0.15) is 5.10 Å². The van der Waals surface area contributed by atoms with Gasteiger partial charge in [0, 0.05) is 24.6 Å². The minimum Gasteiger partial charge on any atom is -0.348 e. The number of aryl methyl sites for hydroxylation is 1. The van der Waals surface area contributed by atoms with Gasteiger partial charge in [0.1, 0.15) is 9.84 Å². The molecule has 1 aromatic heterocycles. The lowest BCUT2D eigenvalue weighted by Gasteiger charge is -2.25. The van der Waals surface area contributed by atoms with Crippen LogP contribution in [0.1, 0.15) is 36.6 Å². The maximum Gasteiger partial charge on any atom is 0.237 e. The second-order valence-corrected chi connectivity index (χ2v) is 7.91. The molecule has 0 fully saturated rings. The van der Waals surface area contributed by atoms with Crippen LogP contribution in [0.3, 0.4) is 0 Å². The molecule has 7 nitrogen and oxygen atoms in total. The summed E-state index contributed by atoms with van der Waals surface area (Å²) in [6.07, 6.45) is 5.84. The summed E-state index contributed by atoms with van der Waals surface area (Å²) in [7, 11) is -1.21. The molecule has 1 aliphatic rings. The number of nitrogens with two attached hydrogens (primary N) is 1. The fraction of sp³-hybridized carbons (Fsp3) is 0.692. The van der Waals surface area contributed by atoms with Gasteiger partial charge in [0.2, 0.25) is 5.91 Å². The summed E-state index contributed by atoms with van der Waals surface area (Å²) in [5.74, 6) is -0.384. The molecule has 1 aromatic rings. The van der Waals surface area contributed by atoms with E-state index in [1.165, 1.54) is 0 Å². The number of sulfone groups is 1. The first-order valence-corrected chi connectivity index (χ1v) is 9.08. The Hall–Kier alpha value is -1.41. The highest BCUT2D eigenvalue weighted by Crippen LogP contribution is 2.29. The molecule has 21 heavy (non-hydrogen) atoms. The molecule has 2 rings (SSSR count). The Morgan fingerprint density at radius 2 is 2.33 bits per heavy atom. The minimum absolute atomic E-state index is 0.0790. The number of hydrogen-bond acceptors (Lipinski definition) is 5. The van der Waals surface area contributed by atoms with Crippen LogP contribution in [0.2, 0.25) is 0 Å². The number of nitrogens with one attached hydrogen (secondary N) is 1. The highest BCUT2D eigenvalue weighted by molar-refractivity contribution is 7.90. The number of aromatic nitrogens is 2. The normalized spacial score (nSPS) is 19.9. The molecule has 0 aromatic carbocycles. The maximum absolute atomic E-state index is 12.1. The topological polar surface area (TPSA) is 107 Å². The molecule has 0 saturated heterocycles. The van der Waals surface area contributed by atoms with Crippen molar-refractivity contribution < 1.29 is 13.2 Å². The zero-order valence-corrected chi connectivity index (χ0v) is 13.2. The highest BCUT2D eigenvalue weighted by Gasteiger charge is 2.26. The Morgan fingerprint density at radius 1 is 1.62 bits per heavy atom. The molecule has 2 atom stereocenters. The molecule has 0 spiro atoms. The molecule has 118 valence electrons. The molecular weight excluding hydrogens is 292 g/mol. The number of carbonyl (C=O) groups excluding carboxylic acids is 1. The van der Waals surface area contributed by atoms with E-state index in [-0.39, 0.29) is 24.1 Å². The standard InChI is InChI=1S/C13H22N4O3S/c1-17-12-5-3-4-11(9(12)8-15-17)16-13(18)10(14)6-7-21(2,19)20/h8,10-11H,3-7,14H2,1-2H3,(H,16,18). The van der Waals surface area contributed by atoms with Gasteiger partial charge in [0.25, 0.3) is 0 Å². The Labute approximate surface area is 124 Å². The molecule has 0 radical (unpaired) electrons. The first-order chi connectivity index (χ1) is 9.78. The quantitative estimate of drug-likeness (QED) is 0.774. The third kappa shape index (κ3) is 4.04. The van der Waals surface area contributed by atoms with E-state index in [1.807, 2.05) is 11.7 Å². The monoisotopic (exact) mass is 314 g/mol. The van der Waals surface area contributed by atoms with Gasteiger partial charge < -0.3 is 11.1 Å². The number of carbonyl (C=O) groups is 1. The van der Waals surface area contributed by atoms with E-state index >= 15 is 0 Å². The molecule has 3 N–H and O–H groups in total. The lowest BCUT2D eigenvalue weighted by Crippen LogP contribution is -2.43. The zero-order valence-electron chi connectivity index (χ0n) is 12.4. The van der Waals surface area contributed by atoms with E-state index in [2.05, 4.69) is 10.4 Å². The largest absolute Gasteiger partial charge is 0.348 e. The lowest BCUT2D eigenvalue weighted by atomic mass is 9.92. The Morgan fingerprint density at radius 3 is 3.00 bits per heavy atom. The molecule has 1 heterocycles. The van der Waals surface area contributed by atoms with Crippen LogP contribution in [0.5, 0.6) is 0 Å². The van der Waals surface area contributed by atoms with Crippen molar-refractivity contribution in [3.05, 3.63) is 17.5 Å². The third-order valence-electron chi connectivity index (χ3n) is 3.83. The molecule has 1 aliphatic carbocycles. The maximum atomic E-state index is 12.1. The molecule has 1 amide bonds. The summed E-state index contributed by atoms with van der Waals surface area (Å²) in [4.78, 5) is 12.1. The van der Waals surface area contributed by atoms with Gasteiger partial charge in [0.15, 0.2) is 0 Å². The fourth-order valence-corrected chi connectivity index (χ4v) is 3.29. The van der Waals surface area contributed by atoms with E-state index in [0.717, 1.165) is 36.8 Å². The van der Waals surface area contributed by atoms with Crippen molar-refractivity contribution in [2.24, 2.45) is 12.8 Å². The summed E-state index contributed by atoms with van der Waals surface area (Å²) >= 11 is 0. The van der Waals surface area contributed by atoms with Crippen LogP contribution in [0, 0.1) is 0 Å². The van der Waals surface area contributed by atoms with Crippen LogP contribution in [0.4, 0.5) is 0 Å². The SMILES string of the molecule is Cn1ncc2c1CCCC2NC(=O)C(N)CCS(C)(=O)=O. The van der Waals surface area contributed by atoms with Crippen LogP contribution in [0.15, 0.2) is 6.20 Å². The Bertz CT molecular complexity index is 623. The summed E-state index contributed by atoms with van der Waals surface area (Å²) in [5.41, 5.74) is 7.94. The predicted octanol–water partition coefficient (Wildman–Crippen LogP) is -0.324. The number of hydrogen-bond donors (Lipinski definition) is 2. The Balaban J connectivity index is 1.97. The second kappa shape index (κ2) is 6.15. The summed E-state index contributed by atoms with van der Waals surface area (Å²) < 4.78 is 24.1. The molecule has 8 heteroatoms. The smallest absolute Gasteiger partial charge is 0.237 e. The van der Waals surface area contributed by atoms with Crippen LogP contribution >= 0.6 is 0 Å². The van der Waals surface area contributed by atoms with Gasteiger partial charge in [-0.05, 0) is 25.7 Å². The van der Waals surface area contributed by atoms with Gasteiger partial charge in [-0.15, -0.1) is 0 Å². The molecule has 0 saturated carbocycles. The first-order valence-electron chi connectivity index (χ1n) is 7.02. The van der Waals surface area contributed by atoms with Gasteiger partial charge in [-0.1, -0.05) is 0 Å². The van der Waals surface area contributed by atoms with Gasteiger partial charge >= 0.3 is 0 Å². The number of amides is 1. The average molecular weight is 314 g/mol. The zero-order chi connectivity index (χ0) is 15.6. The average Bonchev–Trinajstić information content (AvgIpc) is 2.78. The summed E-state index contributed by atoms with van der Waals surface area (Å²) in [6, 6.07) is -0.888. The lowest BCUT2D eigenvalue weighted by molar-refractivity contribution is -0.123. The number of nitrogens with zero attached hydrogens (tertiary/aromatic N) is 2. The van der Waals surface area contributed by atoms with Crippen LogP contribution < -0.4 is 11.1 Å². The molecule has 2 unspecified atom stereocenters. The highest BCUT2D eigenvalue weighted by atomic mass is 32.2. The molecular formula is C13H22N4O3S. The van der Waals surface area contributed by atoms with E-state index in [4.69, 9.17) is 5.73 Å². The van der Waals surface area contributed by atoms with Crippen molar-refractivity contribution in [1.82, 2.24) is 15.1 Å². The summed E-state index contributed by atoms with van der Waals surface area (Å²) in [5, 5.41) is 7.14. The van der Waals surface area contributed by atoms with Crippen LogP contribution in [-0.2, 0) is 28.1 Å². The number of fused-ring (bicyclic) bond motifs is 1. The molecule has 0 bridgehead atoms. The van der Waals surface area contributed by atoms with E-state index in [1.54, 1.807) is 6.20 Å².